The molecule has 0 aliphatic heterocycles. The Bertz CT molecular complexity index is 685. The Morgan fingerprint density at radius 2 is 1.50 bits per heavy atom. The van der Waals surface area contributed by atoms with E-state index in [-0.39, 0.29) is 15.8 Å². The molecule has 2 aromatic carbocycles. The normalized spacial score (nSPS) is 10.7. The molecule has 0 fully saturated rings. The summed E-state index contributed by atoms with van der Waals surface area (Å²) in [6, 6.07) is 13.9. The smallest absolute Gasteiger partial charge is 0.231 e. The van der Waals surface area contributed by atoms with Crippen molar-refractivity contribution in [3.8, 4) is 0 Å². The summed E-state index contributed by atoms with van der Waals surface area (Å²) in [5, 5.41) is 8.09. The summed E-state index contributed by atoms with van der Waals surface area (Å²) in [4.78, 5) is 23.1. The molecule has 20 heavy (non-hydrogen) atoms. The van der Waals surface area contributed by atoms with Gasteiger partial charge in [0, 0.05) is 5.56 Å². The fourth-order valence-corrected chi connectivity index (χ4v) is 2.35. The number of carbonyl (C=O) groups excluding carboxylic acids is 2. The number of rotatable bonds is 4. The maximum absolute atomic E-state index is 11.6. The molecule has 0 saturated carbocycles. The Balaban J connectivity index is 2.47. The van der Waals surface area contributed by atoms with E-state index >= 15 is 0 Å². The van der Waals surface area contributed by atoms with Gasteiger partial charge in [-0.25, -0.2) is 0 Å². The van der Waals surface area contributed by atoms with Crippen molar-refractivity contribution in [1.82, 2.24) is 0 Å². The lowest BCUT2D eigenvalue weighted by atomic mass is 10.1. The maximum Gasteiger partial charge on any atom is 0.231 e. The Morgan fingerprint density at radius 3 is 2.10 bits per heavy atom. The van der Waals surface area contributed by atoms with E-state index in [0.29, 0.717) is 11.4 Å². The van der Waals surface area contributed by atoms with Crippen LogP contribution in [-0.2, 0) is 0 Å². The zero-order valence-electron chi connectivity index (χ0n) is 10.1. The topological polar surface area (TPSA) is 58.9 Å². The SMILES string of the molecule is O=C(Br)c1cccc(N=Nc2ccccc2)c1C(=O)Br. The Labute approximate surface area is 132 Å². The van der Waals surface area contributed by atoms with E-state index in [4.69, 9.17) is 0 Å². The zero-order valence-corrected chi connectivity index (χ0v) is 13.3. The fraction of sp³-hybridized carbons (Fsp3) is 0. The van der Waals surface area contributed by atoms with E-state index < -0.39 is 4.69 Å². The van der Waals surface area contributed by atoms with Crippen LogP contribution in [0.25, 0.3) is 0 Å². The van der Waals surface area contributed by atoms with Gasteiger partial charge in [-0.2, -0.15) is 5.11 Å². The third-order valence-electron chi connectivity index (χ3n) is 2.48. The molecule has 0 amide bonds. The lowest BCUT2D eigenvalue weighted by molar-refractivity contribution is 0.106. The van der Waals surface area contributed by atoms with Crippen LogP contribution in [0.1, 0.15) is 20.7 Å². The second-order valence-electron chi connectivity index (χ2n) is 3.78. The van der Waals surface area contributed by atoms with Gasteiger partial charge in [-0.05, 0) is 56.1 Å². The molecule has 100 valence electrons. The first-order chi connectivity index (χ1) is 9.59. The van der Waals surface area contributed by atoms with Crippen molar-refractivity contribution in [2.75, 3.05) is 0 Å². The third-order valence-corrected chi connectivity index (χ3v) is 3.30. The molecular formula is C14H8Br2N2O2. The monoisotopic (exact) mass is 394 g/mol. The van der Waals surface area contributed by atoms with E-state index in [0.717, 1.165) is 0 Å². The number of azo groups is 1. The number of halogens is 2. The van der Waals surface area contributed by atoms with Gasteiger partial charge in [0.1, 0.15) is 0 Å². The van der Waals surface area contributed by atoms with Gasteiger partial charge in [0.15, 0.2) is 0 Å². The highest BCUT2D eigenvalue weighted by Gasteiger charge is 2.17. The minimum absolute atomic E-state index is 0.189. The fourth-order valence-electron chi connectivity index (χ4n) is 1.60. The third kappa shape index (κ3) is 3.46. The van der Waals surface area contributed by atoms with Gasteiger partial charge in [-0.15, -0.1) is 5.11 Å². The van der Waals surface area contributed by atoms with Crippen molar-refractivity contribution in [2.45, 2.75) is 0 Å². The van der Waals surface area contributed by atoms with Gasteiger partial charge in [0.25, 0.3) is 0 Å². The van der Waals surface area contributed by atoms with Crippen LogP contribution in [0.2, 0.25) is 0 Å². The molecule has 0 N–H and O–H groups in total. The summed E-state index contributed by atoms with van der Waals surface area (Å²) >= 11 is 5.71. The molecule has 2 aromatic rings. The van der Waals surface area contributed by atoms with Crippen LogP contribution in [0.3, 0.4) is 0 Å². The summed E-state index contributed by atoms with van der Waals surface area (Å²) < 4.78 is -0.792. The van der Waals surface area contributed by atoms with E-state index in [1.54, 1.807) is 30.3 Å². The van der Waals surface area contributed by atoms with Crippen molar-refractivity contribution in [1.29, 1.82) is 0 Å². The maximum atomic E-state index is 11.6. The first-order valence-corrected chi connectivity index (χ1v) is 7.17. The van der Waals surface area contributed by atoms with Crippen molar-refractivity contribution < 1.29 is 9.59 Å². The molecule has 0 saturated heterocycles. The number of hydrogen-bond donors (Lipinski definition) is 0. The summed E-state index contributed by atoms with van der Waals surface area (Å²) in [6.07, 6.45) is 0. The quantitative estimate of drug-likeness (QED) is 0.529. The zero-order chi connectivity index (χ0) is 14.5. The van der Waals surface area contributed by atoms with Crippen LogP contribution in [0, 0.1) is 0 Å². The first kappa shape index (κ1) is 14.7. The summed E-state index contributed by atoms with van der Waals surface area (Å²) in [6.45, 7) is 0. The van der Waals surface area contributed by atoms with Gasteiger partial charge >= 0.3 is 0 Å². The molecule has 0 bridgehead atoms. The minimum Gasteiger partial charge on any atom is -0.281 e. The average Bonchev–Trinajstić information content (AvgIpc) is 2.45. The number of nitrogens with zero attached hydrogens (tertiary/aromatic N) is 2. The molecule has 2 rings (SSSR count). The van der Waals surface area contributed by atoms with Crippen LogP contribution in [0.4, 0.5) is 11.4 Å². The van der Waals surface area contributed by atoms with Crippen molar-refractivity contribution in [3.05, 3.63) is 59.7 Å². The summed E-state index contributed by atoms with van der Waals surface area (Å²) in [5.74, 6) is 0. The van der Waals surface area contributed by atoms with Crippen LogP contribution >= 0.6 is 31.9 Å². The summed E-state index contributed by atoms with van der Waals surface area (Å²) in [5.41, 5.74) is 1.43. The van der Waals surface area contributed by atoms with Crippen molar-refractivity contribution in [2.24, 2.45) is 10.2 Å². The molecule has 6 heteroatoms. The molecule has 0 aliphatic carbocycles. The highest BCUT2D eigenvalue weighted by atomic mass is 79.9. The first-order valence-electron chi connectivity index (χ1n) is 5.59. The van der Waals surface area contributed by atoms with Crippen molar-refractivity contribution in [3.63, 3.8) is 0 Å². The molecule has 0 aliphatic rings. The average molecular weight is 396 g/mol. The highest BCUT2D eigenvalue weighted by Crippen LogP contribution is 2.28. The van der Waals surface area contributed by atoms with Gasteiger partial charge in [0.05, 0.1) is 16.9 Å². The molecule has 0 atom stereocenters. The Hall–Kier alpha value is -1.66. The minimum atomic E-state index is -0.414. The lowest BCUT2D eigenvalue weighted by Crippen LogP contribution is -2.00. The molecule has 0 aromatic heterocycles. The van der Waals surface area contributed by atoms with Crippen LogP contribution in [0.5, 0.6) is 0 Å². The van der Waals surface area contributed by atoms with E-state index in [1.165, 1.54) is 0 Å². The summed E-state index contributed by atoms with van der Waals surface area (Å²) in [7, 11) is 0. The van der Waals surface area contributed by atoms with Gasteiger partial charge in [0.2, 0.25) is 9.39 Å². The van der Waals surface area contributed by atoms with Crippen LogP contribution in [-0.4, -0.2) is 9.39 Å². The number of benzene rings is 2. The van der Waals surface area contributed by atoms with Gasteiger partial charge in [-0.3, -0.25) is 9.59 Å². The molecule has 0 radical (unpaired) electrons. The Morgan fingerprint density at radius 1 is 0.800 bits per heavy atom. The molecule has 0 unspecified atom stereocenters. The molecular weight excluding hydrogens is 388 g/mol. The highest BCUT2D eigenvalue weighted by molar-refractivity contribution is 9.18. The predicted molar refractivity (Wildman–Crippen MR) is 83.6 cm³/mol. The van der Waals surface area contributed by atoms with Crippen LogP contribution < -0.4 is 0 Å². The van der Waals surface area contributed by atoms with E-state index in [1.807, 2.05) is 18.2 Å². The number of hydrogen-bond acceptors (Lipinski definition) is 4. The molecule has 4 nitrogen and oxygen atoms in total. The van der Waals surface area contributed by atoms with E-state index in [2.05, 4.69) is 42.1 Å². The largest absolute Gasteiger partial charge is 0.281 e. The van der Waals surface area contributed by atoms with Crippen LogP contribution in [0.15, 0.2) is 58.8 Å². The van der Waals surface area contributed by atoms with Gasteiger partial charge in [-0.1, -0.05) is 24.3 Å². The lowest BCUT2D eigenvalue weighted by Gasteiger charge is -2.04. The molecule has 0 spiro atoms. The second kappa shape index (κ2) is 6.67. The number of carbonyl (C=O) groups is 2. The standard InChI is InChI=1S/C14H8Br2N2O2/c15-13(19)10-7-4-8-11(12(10)14(16)20)18-17-9-5-2-1-3-6-9/h1-8H. The van der Waals surface area contributed by atoms with E-state index in [9.17, 15) is 9.59 Å². The Kier molecular flexibility index (Phi) is 4.92. The predicted octanol–water partition coefficient (Wildman–Crippen LogP) is 5.17. The van der Waals surface area contributed by atoms with Crippen molar-refractivity contribution >= 4 is 52.6 Å². The van der Waals surface area contributed by atoms with Gasteiger partial charge < -0.3 is 0 Å². The molecule has 0 heterocycles. The second-order valence-corrected chi connectivity index (χ2v) is 5.22.